The van der Waals surface area contributed by atoms with E-state index in [4.69, 9.17) is 53.1 Å². The van der Waals surface area contributed by atoms with Crippen molar-refractivity contribution < 1.29 is 100 Å². The first-order chi connectivity index (χ1) is 60.0. The second kappa shape index (κ2) is 53.9. The Morgan fingerprint density at radius 2 is 1.20 bits per heavy atom. The lowest BCUT2D eigenvalue weighted by Gasteiger charge is -2.41. The summed E-state index contributed by atoms with van der Waals surface area (Å²) in [6.07, 6.45) is 1.66. The zero-order valence-corrected chi connectivity index (χ0v) is 76.1. The molecule has 1 saturated heterocycles. The van der Waals surface area contributed by atoms with Crippen molar-refractivity contribution in [3.63, 3.8) is 0 Å². The lowest BCUT2D eigenvalue weighted by molar-refractivity contribution is -0.149. The van der Waals surface area contributed by atoms with Crippen LogP contribution in [0.15, 0.2) is 115 Å². The number of thiazole rings is 1. The van der Waals surface area contributed by atoms with Gasteiger partial charge in [0.1, 0.15) is 25.0 Å². The van der Waals surface area contributed by atoms with Crippen LogP contribution in [0.2, 0.25) is 0 Å². The van der Waals surface area contributed by atoms with E-state index in [2.05, 4.69) is 68.0 Å². The molecular weight excluding hydrogens is 1620 g/mol. The monoisotopic (exact) mass is 1760 g/mol. The predicted octanol–water partition coefficient (Wildman–Crippen LogP) is 10.7. The number of likely N-dealkylation sites (tertiary alicyclic amines) is 1. The summed E-state index contributed by atoms with van der Waals surface area (Å²) in [5, 5.41) is 16.2. The highest BCUT2D eigenvalue weighted by Gasteiger charge is 2.45. The van der Waals surface area contributed by atoms with Crippen molar-refractivity contribution in [2.45, 2.75) is 200 Å². The van der Waals surface area contributed by atoms with Crippen molar-refractivity contribution in [2.24, 2.45) is 41.2 Å². The number of fused-ring (bicyclic) bond motifs is 3. The van der Waals surface area contributed by atoms with Crippen LogP contribution in [0.5, 0.6) is 0 Å². The molecule has 4 aromatic carbocycles. The number of carbonyl (C=O) groups excluding carboxylic acids is 11. The van der Waals surface area contributed by atoms with Gasteiger partial charge in [0, 0.05) is 115 Å². The Morgan fingerprint density at radius 3 is 1.76 bits per heavy atom. The fourth-order valence-corrected chi connectivity index (χ4v) is 16.7. The number of alkyl carbamates (subject to hydrolysis) is 2. The van der Waals surface area contributed by atoms with Crippen LogP contribution in [0.4, 0.5) is 14.4 Å². The van der Waals surface area contributed by atoms with Crippen LogP contribution in [-0.2, 0) is 105 Å². The standard InChI is InChI=1S/C94H135N9O21S/c1-14-63(6)86(83(115-12)57-85(109)103-39-23-31-79(103)87(116-13)64(7)80(105)54-69(89-96-38-51-125-89)52-66-24-16-15-17-25-66)102(11)90(111)75(62(4)5)56-84(108)94(9,10)101-93(114)123-58-68-34-32-67(33-35-68)53-81(106)77(30-22-36-97-91(95)112)100-88(110)74(61(2)3)55-82(107)78(99-65(8)104)60-122-50-49-121-48-47-120-46-45-119-44-43-118-42-41-117-40-37-98-92(113)124-59-76-72-28-20-18-26-70(72)71-27-19-21-29-73(71)76/h15-21,24-29,32-35,38,51,61-64,69,74-79,83,86-87H,14,22-23,30-31,36-37,39-50,52-60H2,1-13H3,(H,98,113)(H,99,104)(H,100,110)(H,101,114)(H3,95,97,112)/t63-,64-,69+,74-,75-,77-,78+,79-,83+,86-,87+/m0/s1. The SMILES string of the molecule is CC[C@H](C)[C@@H]([C@@H](CC(=O)N1CCC[C@H]1[C@H](OC)[C@@H](C)C(=O)C[C@@H](Cc1ccccc1)c1nccs1)OC)N(C)C(=O)[C@@H](CC(=O)C(C)(C)NC(=O)OCc1ccc(CC(=O)[C@H](CCCNC(N)=O)NC(=O)[C@@H](CC(=O)[C@@H](COCCOCCOCCOCCOCCOCCNC(=O)OCC2c3ccccc3-c3ccccc32)NC(C)=O)C(C)C)cc1)C(C)C. The van der Waals surface area contributed by atoms with E-state index < -0.39 is 95.2 Å². The minimum atomic E-state index is -1.49. The molecule has 125 heavy (non-hydrogen) atoms. The number of methoxy groups -OCH3 is 2. The number of hydrogen-bond donors (Lipinski definition) is 6. The number of nitrogens with one attached hydrogen (secondary N) is 5. The maximum atomic E-state index is 14.9. The fourth-order valence-electron chi connectivity index (χ4n) is 16.0. The van der Waals surface area contributed by atoms with Gasteiger partial charge in [0.05, 0.1) is 127 Å². The maximum absolute atomic E-state index is 14.9. The molecule has 2 aliphatic rings. The van der Waals surface area contributed by atoms with E-state index in [0.717, 1.165) is 39.2 Å². The van der Waals surface area contributed by atoms with Gasteiger partial charge in [0.2, 0.25) is 23.6 Å². The highest BCUT2D eigenvalue weighted by molar-refractivity contribution is 7.09. The van der Waals surface area contributed by atoms with E-state index >= 15 is 0 Å². The van der Waals surface area contributed by atoms with Crippen LogP contribution < -0.4 is 32.3 Å². The van der Waals surface area contributed by atoms with Gasteiger partial charge in [-0.25, -0.2) is 19.4 Å². The third kappa shape index (κ3) is 33.4. The third-order valence-corrected chi connectivity index (χ3v) is 24.3. The number of hydrogen-bond acceptors (Lipinski definition) is 23. The second-order valence-electron chi connectivity index (χ2n) is 33.4. The number of carbonyl (C=O) groups is 11. The number of urea groups is 1. The fraction of sp³-hybridized carbons (Fsp3) is 0.596. The van der Waals surface area contributed by atoms with Gasteiger partial charge >= 0.3 is 18.2 Å². The molecule has 0 unspecified atom stereocenters. The molecule has 2 heterocycles. The van der Waals surface area contributed by atoms with Crippen LogP contribution in [-0.4, -0.2) is 248 Å². The van der Waals surface area contributed by atoms with Crippen LogP contribution >= 0.6 is 11.3 Å². The van der Waals surface area contributed by atoms with E-state index in [1.165, 1.54) is 25.4 Å². The molecule has 8 amide bonds. The van der Waals surface area contributed by atoms with Gasteiger partial charge in [-0.1, -0.05) is 158 Å². The molecular formula is C94H135N9O21S. The smallest absolute Gasteiger partial charge is 0.408 e. The Hall–Kier alpha value is -9.44. The molecule has 0 radical (unpaired) electrons. The van der Waals surface area contributed by atoms with Gasteiger partial charge in [-0.3, -0.25) is 38.4 Å². The quantitative estimate of drug-likeness (QED) is 0.0197. The Labute approximate surface area is 740 Å². The highest BCUT2D eigenvalue weighted by Crippen LogP contribution is 2.45. The second-order valence-corrected chi connectivity index (χ2v) is 34.4. The Kier molecular flexibility index (Phi) is 44.3. The Balaban J connectivity index is 0.792. The predicted molar refractivity (Wildman–Crippen MR) is 474 cm³/mol. The summed E-state index contributed by atoms with van der Waals surface area (Å²) in [6, 6.07) is 29.2. The van der Waals surface area contributed by atoms with Gasteiger partial charge in [-0.15, -0.1) is 11.3 Å². The molecule has 1 fully saturated rings. The summed E-state index contributed by atoms with van der Waals surface area (Å²) in [4.78, 5) is 158. The van der Waals surface area contributed by atoms with Gasteiger partial charge in [0.15, 0.2) is 17.3 Å². The van der Waals surface area contributed by atoms with E-state index in [1.54, 1.807) is 77.2 Å². The first kappa shape index (κ1) is 103. The third-order valence-electron chi connectivity index (χ3n) is 23.3. The van der Waals surface area contributed by atoms with Crippen LogP contribution in [0.25, 0.3) is 11.1 Å². The van der Waals surface area contributed by atoms with Crippen molar-refractivity contribution in [3.8, 4) is 11.1 Å². The van der Waals surface area contributed by atoms with Crippen molar-refractivity contribution in [1.82, 2.24) is 41.4 Å². The normalized spacial score (nSPS) is 15.6. The molecule has 5 aromatic rings. The van der Waals surface area contributed by atoms with Gasteiger partial charge in [0.25, 0.3) is 0 Å². The molecule has 0 saturated carbocycles. The molecule has 1 aromatic heterocycles. The number of ether oxygens (including phenoxy) is 10. The topological polar surface area (TPSA) is 386 Å². The summed E-state index contributed by atoms with van der Waals surface area (Å²) in [5.41, 5.74) is 10.7. The largest absolute Gasteiger partial charge is 0.449 e. The summed E-state index contributed by atoms with van der Waals surface area (Å²) in [5.74, 6) is -6.03. The number of likely N-dealkylation sites (N-methyl/N-ethyl adjacent to an activating group) is 1. The van der Waals surface area contributed by atoms with Gasteiger partial charge < -0.3 is 89.5 Å². The lowest BCUT2D eigenvalue weighted by Crippen LogP contribution is -2.55. The number of nitrogens with zero attached hydrogens (tertiary/aromatic N) is 3. The van der Waals surface area contributed by atoms with Crippen molar-refractivity contribution in [3.05, 3.63) is 148 Å². The zero-order valence-electron chi connectivity index (χ0n) is 75.3. The summed E-state index contributed by atoms with van der Waals surface area (Å²) in [7, 11) is 4.80. The number of benzene rings is 4. The zero-order chi connectivity index (χ0) is 91.0. The molecule has 31 heteroatoms. The first-order valence-corrected chi connectivity index (χ1v) is 44.7. The number of Topliss-reactive ketones (excluding diaryl/α,β-unsaturated/α-hetero) is 4. The Morgan fingerprint density at radius 1 is 0.616 bits per heavy atom. The minimum Gasteiger partial charge on any atom is -0.449 e. The van der Waals surface area contributed by atoms with E-state index in [0.29, 0.717) is 89.7 Å². The number of amides is 8. The molecule has 0 bridgehead atoms. The Bertz CT molecular complexity index is 4150. The molecule has 1 aliphatic carbocycles. The molecule has 1 aliphatic heterocycles. The maximum Gasteiger partial charge on any atom is 0.408 e. The first-order valence-electron chi connectivity index (χ1n) is 43.8. The van der Waals surface area contributed by atoms with Crippen LogP contribution in [0, 0.1) is 35.5 Å². The minimum absolute atomic E-state index is 0.0167. The summed E-state index contributed by atoms with van der Waals surface area (Å²) < 4.78 is 57.2. The van der Waals surface area contributed by atoms with E-state index in [-0.39, 0.29) is 157 Å². The van der Waals surface area contributed by atoms with Crippen LogP contribution in [0.3, 0.4) is 0 Å². The molecule has 30 nitrogen and oxygen atoms in total. The number of nitrogens with two attached hydrogens (primary N) is 1. The average Bonchev–Trinajstić information content (AvgIpc) is 1.61. The van der Waals surface area contributed by atoms with Crippen molar-refractivity contribution >= 4 is 76.3 Å². The highest BCUT2D eigenvalue weighted by atomic mass is 32.1. The molecule has 11 atom stereocenters. The van der Waals surface area contributed by atoms with Gasteiger partial charge in [-0.2, -0.15) is 0 Å². The number of aromatic nitrogens is 1. The van der Waals surface area contributed by atoms with E-state index in [1.807, 2.05) is 87.4 Å². The van der Waals surface area contributed by atoms with Crippen LogP contribution in [0.1, 0.15) is 172 Å². The molecule has 7 N–H and O–H groups in total. The number of primary amides is 1. The summed E-state index contributed by atoms with van der Waals surface area (Å²) in [6.45, 7) is 21.4. The van der Waals surface area contributed by atoms with Gasteiger partial charge in [-0.05, 0) is 103 Å². The van der Waals surface area contributed by atoms with Crippen molar-refractivity contribution in [2.75, 3.05) is 127 Å². The van der Waals surface area contributed by atoms with Crippen molar-refractivity contribution in [1.29, 1.82) is 0 Å². The molecule has 688 valence electrons. The lowest BCUT2D eigenvalue weighted by atomic mass is 9.83. The number of ketones is 4. The average molecular weight is 1760 g/mol. The summed E-state index contributed by atoms with van der Waals surface area (Å²) >= 11 is 1.53. The molecule has 0 spiro atoms. The molecule has 7 rings (SSSR count). The number of rotatable bonds is 60. The van der Waals surface area contributed by atoms with E-state index in [9.17, 15) is 52.7 Å².